The van der Waals surface area contributed by atoms with Gasteiger partial charge in [0, 0.05) is 32.7 Å². The number of unbranched alkanes of at least 4 members (excludes halogenated alkanes) is 2. The lowest BCUT2D eigenvalue weighted by Crippen LogP contribution is -2.48. The molecule has 2 aliphatic rings. The molecular formula is C29H36N4. The van der Waals surface area contributed by atoms with Crippen LogP contribution in [0, 0.1) is 0 Å². The number of nitrogens with one attached hydrogen (secondary N) is 1. The molecule has 0 unspecified atom stereocenters. The molecule has 1 fully saturated rings. The number of hydrogen-bond donors (Lipinski definition) is 1. The van der Waals surface area contributed by atoms with Gasteiger partial charge in [0.05, 0.1) is 24.1 Å². The molecule has 0 aromatic heterocycles. The molecule has 3 aromatic carbocycles. The van der Waals surface area contributed by atoms with Gasteiger partial charge in [-0.1, -0.05) is 79.2 Å². The van der Waals surface area contributed by atoms with E-state index in [1.807, 2.05) is 0 Å². The summed E-state index contributed by atoms with van der Waals surface area (Å²) in [5.41, 5.74) is 5.44. The second kappa shape index (κ2) is 10.9. The van der Waals surface area contributed by atoms with Crippen LogP contribution in [-0.4, -0.2) is 55.7 Å². The van der Waals surface area contributed by atoms with Crippen molar-refractivity contribution in [2.45, 2.75) is 25.3 Å². The third-order valence-corrected chi connectivity index (χ3v) is 7.11. The smallest absolute Gasteiger partial charge is 0.0877 e. The van der Waals surface area contributed by atoms with Crippen LogP contribution in [0.3, 0.4) is 0 Å². The first-order valence-electron chi connectivity index (χ1n) is 12.5. The van der Waals surface area contributed by atoms with Crippen molar-refractivity contribution in [3.05, 3.63) is 96.1 Å². The average molecular weight is 441 g/mol. The number of benzene rings is 3. The summed E-state index contributed by atoms with van der Waals surface area (Å²) in [7, 11) is 0. The van der Waals surface area contributed by atoms with Gasteiger partial charge in [0.15, 0.2) is 0 Å². The highest BCUT2D eigenvalue weighted by Gasteiger charge is 2.26. The molecule has 2 heterocycles. The summed E-state index contributed by atoms with van der Waals surface area (Å²) in [6.07, 6.45) is 3.86. The molecule has 0 atom stereocenters. The van der Waals surface area contributed by atoms with Crippen molar-refractivity contribution >= 4 is 11.4 Å². The highest BCUT2D eigenvalue weighted by atomic mass is 15.3. The van der Waals surface area contributed by atoms with E-state index in [0.717, 1.165) is 26.3 Å². The van der Waals surface area contributed by atoms with Crippen molar-refractivity contribution in [1.29, 1.82) is 0 Å². The Labute approximate surface area is 198 Å². The van der Waals surface area contributed by atoms with E-state index >= 15 is 0 Å². The van der Waals surface area contributed by atoms with Crippen molar-refractivity contribution in [2.24, 2.45) is 0 Å². The first-order chi connectivity index (χ1) is 16.4. The molecule has 0 aliphatic carbocycles. The van der Waals surface area contributed by atoms with Crippen LogP contribution < -0.4 is 10.2 Å². The molecule has 0 spiro atoms. The van der Waals surface area contributed by atoms with Gasteiger partial charge in [-0.25, -0.2) is 0 Å². The number of anilines is 2. The number of para-hydroxylation sites is 2. The normalized spacial score (nSPS) is 16.7. The van der Waals surface area contributed by atoms with Crippen molar-refractivity contribution in [1.82, 2.24) is 9.80 Å². The van der Waals surface area contributed by atoms with Crippen molar-refractivity contribution in [3.63, 3.8) is 0 Å². The average Bonchev–Trinajstić information content (AvgIpc) is 3.29. The molecule has 4 nitrogen and oxygen atoms in total. The van der Waals surface area contributed by atoms with E-state index in [4.69, 9.17) is 0 Å². The summed E-state index contributed by atoms with van der Waals surface area (Å²) in [5, 5.41) is 3.49. The molecule has 33 heavy (non-hydrogen) atoms. The first-order valence-corrected chi connectivity index (χ1v) is 12.5. The minimum atomic E-state index is 0.353. The summed E-state index contributed by atoms with van der Waals surface area (Å²) in [5.74, 6) is 0. The van der Waals surface area contributed by atoms with Crippen molar-refractivity contribution in [3.8, 4) is 0 Å². The summed E-state index contributed by atoms with van der Waals surface area (Å²) in [4.78, 5) is 7.80. The molecule has 1 saturated heterocycles. The predicted molar refractivity (Wildman–Crippen MR) is 139 cm³/mol. The molecule has 1 N–H and O–H groups in total. The third kappa shape index (κ3) is 5.40. The van der Waals surface area contributed by atoms with Crippen LogP contribution in [0.4, 0.5) is 11.4 Å². The number of nitrogens with zero attached hydrogens (tertiary/aromatic N) is 3. The zero-order valence-corrected chi connectivity index (χ0v) is 19.6. The van der Waals surface area contributed by atoms with Gasteiger partial charge < -0.3 is 15.1 Å². The van der Waals surface area contributed by atoms with Crippen LogP contribution in [0.25, 0.3) is 0 Å². The Morgan fingerprint density at radius 2 is 1.24 bits per heavy atom. The Hall–Kier alpha value is -2.82. The Kier molecular flexibility index (Phi) is 7.24. The lowest BCUT2D eigenvalue weighted by atomic mass is 9.96. The molecule has 5 rings (SSSR count). The van der Waals surface area contributed by atoms with Crippen LogP contribution in [0.2, 0.25) is 0 Å². The molecule has 0 saturated carbocycles. The molecule has 0 bridgehead atoms. The topological polar surface area (TPSA) is 21.8 Å². The summed E-state index contributed by atoms with van der Waals surface area (Å²) < 4.78 is 0. The van der Waals surface area contributed by atoms with Crippen LogP contribution in [0.1, 0.15) is 36.4 Å². The van der Waals surface area contributed by atoms with Gasteiger partial charge in [0.2, 0.25) is 0 Å². The van der Waals surface area contributed by atoms with Crippen LogP contribution in [0.5, 0.6) is 0 Å². The molecule has 4 heteroatoms. The van der Waals surface area contributed by atoms with E-state index in [2.05, 4.69) is 105 Å². The molecule has 0 radical (unpaired) electrons. The van der Waals surface area contributed by atoms with Crippen LogP contribution in [-0.2, 0) is 0 Å². The van der Waals surface area contributed by atoms with E-state index in [-0.39, 0.29) is 0 Å². The Morgan fingerprint density at radius 3 is 1.94 bits per heavy atom. The largest absolute Gasteiger partial charge is 0.366 e. The monoisotopic (exact) mass is 440 g/mol. The quantitative estimate of drug-likeness (QED) is 0.446. The van der Waals surface area contributed by atoms with Gasteiger partial charge in [-0.3, -0.25) is 4.90 Å². The van der Waals surface area contributed by atoms with Crippen LogP contribution >= 0.6 is 0 Å². The van der Waals surface area contributed by atoms with E-state index in [9.17, 15) is 0 Å². The van der Waals surface area contributed by atoms with Gasteiger partial charge in [0.1, 0.15) is 0 Å². The van der Waals surface area contributed by atoms with Crippen LogP contribution in [0.15, 0.2) is 84.9 Å². The third-order valence-electron chi connectivity index (χ3n) is 7.11. The highest BCUT2D eigenvalue weighted by molar-refractivity contribution is 5.74. The highest BCUT2D eigenvalue weighted by Crippen LogP contribution is 2.31. The zero-order valence-electron chi connectivity index (χ0n) is 19.6. The minimum Gasteiger partial charge on any atom is -0.366 e. The fraction of sp³-hybridized carbons (Fsp3) is 0.379. The fourth-order valence-corrected chi connectivity index (χ4v) is 5.31. The Morgan fingerprint density at radius 1 is 0.636 bits per heavy atom. The lowest BCUT2D eigenvalue weighted by Gasteiger charge is -2.40. The maximum absolute atomic E-state index is 3.49. The van der Waals surface area contributed by atoms with E-state index in [1.165, 1.54) is 61.4 Å². The summed E-state index contributed by atoms with van der Waals surface area (Å²) >= 11 is 0. The molecule has 3 aromatic rings. The summed E-state index contributed by atoms with van der Waals surface area (Å²) in [6.45, 7) is 7.91. The first kappa shape index (κ1) is 22.0. The number of rotatable bonds is 9. The molecule has 2 aliphatic heterocycles. The minimum absolute atomic E-state index is 0.353. The van der Waals surface area contributed by atoms with E-state index < -0.39 is 0 Å². The van der Waals surface area contributed by atoms with Crippen molar-refractivity contribution in [2.75, 3.05) is 56.2 Å². The summed E-state index contributed by atoms with van der Waals surface area (Å²) in [6, 6.07) is 31.0. The SMILES string of the molecule is c1ccc(C(c2ccccc2)N2CCN(CCCCCN3CNc4ccccc43)CC2)cc1. The van der Waals surface area contributed by atoms with Gasteiger partial charge >= 0.3 is 0 Å². The van der Waals surface area contributed by atoms with E-state index in [1.54, 1.807) is 0 Å². The number of hydrogen-bond acceptors (Lipinski definition) is 4. The maximum Gasteiger partial charge on any atom is 0.0877 e. The molecular weight excluding hydrogens is 404 g/mol. The second-order valence-electron chi connectivity index (χ2n) is 9.28. The van der Waals surface area contributed by atoms with Gasteiger partial charge in [-0.15, -0.1) is 0 Å². The Balaban J connectivity index is 1.07. The standard InChI is InChI=1S/C29H36N4/c1-4-12-25(13-5-1)29(26-14-6-2-7-15-26)32-22-20-31(21-23-32)18-10-3-11-19-33-24-30-27-16-8-9-17-28(27)33/h1-2,4-9,12-17,29-30H,3,10-11,18-24H2. The van der Waals surface area contributed by atoms with Gasteiger partial charge in [0.25, 0.3) is 0 Å². The number of fused-ring (bicyclic) bond motifs is 1. The Bertz CT molecular complexity index is 943. The maximum atomic E-state index is 3.49. The second-order valence-corrected chi connectivity index (χ2v) is 9.28. The zero-order chi connectivity index (χ0) is 22.3. The fourth-order valence-electron chi connectivity index (χ4n) is 5.31. The predicted octanol–water partition coefficient (Wildman–Crippen LogP) is 5.45. The van der Waals surface area contributed by atoms with E-state index in [0.29, 0.717) is 6.04 Å². The van der Waals surface area contributed by atoms with Gasteiger partial charge in [-0.05, 0) is 42.6 Å². The van der Waals surface area contributed by atoms with Gasteiger partial charge in [-0.2, -0.15) is 0 Å². The molecule has 172 valence electrons. The molecule has 0 amide bonds. The lowest BCUT2D eigenvalue weighted by molar-refractivity contribution is 0.108. The number of piperazine rings is 1. The van der Waals surface area contributed by atoms with Crippen molar-refractivity contribution < 1.29 is 0 Å².